The molecule has 2 rings (SSSR count). The zero-order chi connectivity index (χ0) is 12.3. The summed E-state index contributed by atoms with van der Waals surface area (Å²) in [7, 11) is 0. The average molecular weight is 384 g/mol. The SMILES string of the molecule is ClCC1COC(C(Br)C(Br)c2ccccc2)O1. The van der Waals surface area contributed by atoms with E-state index < -0.39 is 0 Å². The van der Waals surface area contributed by atoms with Crippen LogP contribution in [0.25, 0.3) is 0 Å². The largest absolute Gasteiger partial charge is 0.349 e. The number of hydrogen-bond donors (Lipinski definition) is 0. The Morgan fingerprint density at radius 3 is 2.59 bits per heavy atom. The van der Waals surface area contributed by atoms with Crippen molar-refractivity contribution in [3.8, 4) is 0 Å². The molecule has 0 N–H and O–H groups in total. The highest BCUT2D eigenvalue weighted by Crippen LogP contribution is 2.36. The van der Waals surface area contributed by atoms with Gasteiger partial charge in [0.1, 0.15) is 0 Å². The van der Waals surface area contributed by atoms with E-state index in [0.717, 1.165) is 0 Å². The minimum absolute atomic E-state index is 0.00260. The summed E-state index contributed by atoms with van der Waals surface area (Å²) in [5.41, 5.74) is 1.19. The van der Waals surface area contributed by atoms with Crippen LogP contribution in [-0.2, 0) is 9.47 Å². The first-order valence-corrected chi connectivity index (χ1v) is 7.75. The molecule has 0 radical (unpaired) electrons. The first kappa shape index (κ1) is 13.8. The molecule has 0 amide bonds. The third kappa shape index (κ3) is 3.44. The minimum atomic E-state index is -0.261. The summed E-state index contributed by atoms with van der Waals surface area (Å²) in [4.78, 5) is 0.195. The number of hydrogen-bond acceptors (Lipinski definition) is 2. The van der Waals surface area contributed by atoms with Crippen LogP contribution in [-0.4, -0.2) is 29.7 Å². The summed E-state index contributed by atoms with van der Waals surface area (Å²) < 4.78 is 11.3. The zero-order valence-electron chi connectivity index (χ0n) is 9.06. The van der Waals surface area contributed by atoms with Crippen LogP contribution in [0.3, 0.4) is 0 Å². The predicted octanol–water partition coefficient (Wildman–Crippen LogP) is 3.87. The maximum Gasteiger partial charge on any atom is 0.172 e. The van der Waals surface area contributed by atoms with Gasteiger partial charge in [0.2, 0.25) is 0 Å². The molecule has 1 fully saturated rings. The van der Waals surface area contributed by atoms with Gasteiger partial charge in [-0.15, -0.1) is 11.6 Å². The van der Waals surface area contributed by atoms with Gasteiger partial charge in [-0.1, -0.05) is 62.2 Å². The Morgan fingerprint density at radius 1 is 1.29 bits per heavy atom. The molecular formula is C12H13Br2ClO2. The van der Waals surface area contributed by atoms with Gasteiger partial charge in [-0.05, 0) is 5.56 Å². The van der Waals surface area contributed by atoms with E-state index in [9.17, 15) is 0 Å². The van der Waals surface area contributed by atoms with Crippen LogP contribution in [0.1, 0.15) is 10.4 Å². The van der Waals surface area contributed by atoms with Crippen molar-refractivity contribution >= 4 is 43.5 Å². The van der Waals surface area contributed by atoms with Gasteiger partial charge in [0, 0.05) is 0 Å². The number of rotatable bonds is 4. The fraction of sp³-hybridized carbons (Fsp3) is 0.500. The highest BCUT2D eigenvalue weighted by molar-refractivity contribution is 9.12. The predicted molar refractivity (Wildman–Crippen MR) is 76.2 cm³/mol. The third-order valence-corrected chi connectivity index (χ3v) is 5.71. The molecule has 2 nitrogen and oxygen atoms in total. The van der Waals surface area contributed by atoms with Gasteiger partial charge < -0.3 is 9.47 Å². The molecule has 0 aromatic heterocycles. The molecule has 1 aromatic carbocycles. The molecule has 1 aliphatic heterocycles. The number of benzene rings is 1. The Hall–Kier alpha value is 0.390. The van der Waals surface area contributed by atoms with E-state index in [1.165, 1.54) is 5.56 Å². The molecule has 1 heterocycles. The lowest BCUT2D eigenvalue weighted by Crippen LogP contribution is -2.26. The highest BCUT2D eigenvalue weighted by atomic mass is 79.9. The molecule has 0 bridgehead atoms. The van der Waals surface area contributed by atoms with E-state index in [4.69, 9.17) is 21.1 Å². The lowest BCUT2D eigenvalue weighted by atomic mass is 10.1. The van der Waals surface area contributed by atoms with Crippen molar-refractivity contribution < 1.29 is 9.47 Å². The molecule has 4 unspecified atom stereocenters. The van der Waals surface area contributed by atoms with Gasteiger partial charge in [0.25, 0.3) is 0 Å². The number of alkyl halides is 3. The standard InChI is InChI=1S/C12H13Br2ClO2/c13-10(8-4-2-1-3-5-8)11(14)12-16-7-9(6-15)17-12/h1-5,9-12H,6-7H2. The van der Waals surface area contributed by atoms with E-state index >= 15 is 0 Å². The van der Waals surface area contributed by atoms with Gasteiger partial charge in [0.15, 0.2) is 6.29 Å². The van der Waals surface area contributed by atoms with Crippen LogP contribution >= 0.6 is 43.5 Å². The van der Waals surface area contributed by atoms with E-state index in [-0.39, 0.29) is 22.0 Å². The summed E-state index contributed by atoms with van der Waals surface area (Å²) >= 11 is 13.0. The second kappa shape index (κ2) is 6.53. The molecule has 94 valence electrons. The van der Waals surface area contributed by atoms with Crippen molar-refractivity contribution in [3.63, 3.8) is 0 Å². The Labute approximate surface area is 123 Å². The average Bonchev–Trinajstić information content (AvgIpc) is 2.87. The van der Waals surface area contributed by atoms with Crippen molar-refractivity contribution in [2.75, 3.05) is 12.5 Å². The van der Waals surface area contributed by atoms with Crippen LogP contribution in [0.5, 0.6) is 0 Å². The van der Waals surface area contributed by atoms with Crippen LogP contribution in [0.2, 0.25) is 0 Å². The van der Waals surface area contributed by atoms with Crippen molar-refractivity contribution in [2.45, 2.75) is 22.0 Å². The molecule has 1 saturated heterocycles. The normalized spacial score (nSPS) is 27.9. The van der Waals surface area contributed by atoms with Crippen molar-refractivity contribution in [3.05, 3.63) is 35.9 Å². The third-order valence-electron chi connectivity index (χ3n) is 2.60. The molecule has 17 heavy (non-hydrogen) atoms. The van der Waals surface area contributed by atoms with Crippen LogP contribution in [0, 0.1) is 0 Å². The molecule has 5 heteroatoms. The van der Waals surface area contributed by atoms with Gasteiger partial charge >= 0.3 is 0 Å². The number of halogens is 3. The molecule has 1 aliphatic rings. The fourth-order valence-corrected chi connectivity index (χ4v) is 2.98. The smallest absolute Gasteiger partial charge is 0.172 e. The Balaban J connectivity index is 1.98. The Morgan fingerprint density at radius 2 is 2.00 bits per heavy atom. The summed E-state index contributed by atoms with van der Waals surface area (Å²) in [5.74, 6) is 0.467. The van der Waals surface area contributed by atoms with Crippen molar-refractivity contribution in [2.24, 2.45) is 0 Å². The maximum absolute atomic E-state index is 5.74. The second-order valence-corrected chi connectivity index (χ2v) is 6.22. The quantitative estimate of drug-likeness (QED) is 0.734. The van der Waals surface area contributed by atoms with E-state index in [1.807, 2.05) is 18.2 Å². The summed E-state index contributed by atoms with van der Waals surface area (Å²) in [6, 6.07) is 10.2. The van der Waals surface area contributed by atoms with Crippen LogP contribution < -0.4 is 0 Å². The molecule has 0 saturated carbocycles. The molecule has 0 spiro atoms. The molecule has 4 atom stereocenters. The second-order valence-electron chi connectivity index (χ2n) is 3.87. The van der Waals surface area contributed by atoms with Gasteiger partial charge in [0.05, 0.1) is 28.2 Å². The topological polar surface area (TPSA) is 18.5 Å². The monoisotopic (exact) mass is 382 g/mol. The van der Waals surface area contributed by atoms with Crippen LogP contribution in [0.4, 0.5) is 0 Å². The summed E-state index contributed by atoms with van der Waals surface area (Å²) in [5, 5.41) is 0. The van der Waals surface area contributed by atoms with Crippen LogP contribution in [0.15, 0.2) is 30.3 Å². The Kier molecular flexibility index (Phi) is 5.30. The summed E-state index contributed by atoms with van der Waals surface area (Å²) in [6.45, 7) is 0.560. The molecule has 1 aromatic rings. The first-order chi connectivity index (χ1) is 8.22. The maximum atomic E-state index is 5.74. The lowest BCUT2D eigenvalue weighted by molar-refractivity contribution is -0.0525. The van der Waals surface area contributed by atoms with E-state index in [1.54, 1.807) is 0 Å². The molecule has 0 aliphatic carbocycles. The first-order valence-electron chi connectivity index (χ1n) is 5.38. The zero-order valence-corrected chi connectivity index (χ0v) is 13.0. The van der Waals surface area contributed by atoms with Gasteiger partial charge in [-0.2, -0.15) is 0 Å². The summed E-state index contributed by atoms with van der Waals surface area (Å²) in [6.07, 6.45) is -0.263. The Bertz CT molecular complexity index is 350. The highest BCUT2D eigenvalue weighted by Gasteiger charge is 2.35. The van der Waals surface area contributed by atoms with Crippen molar-refractivity contribution in [1.29, 1.82) is 0 Å². The van der Waals surface area contributed by atoms with E-state index in [0.29, 0.717) is 12.5 Å². The fourth-order valence-electron chi connectivity index (χ4n) is 1.68. The van der Waals surface area contributed by atoms with Crippen molar-refractivity contribution in [1.82, 2.24) is 0 Å². The van der Waals surface area contributed by atoms with Gasteiger partial charge in [-0.25, -0.2) is 0 Å². The minimum Gasteiger partial charge on any atom is -0.349 e. The lowest BCUT2D eigenvalue weighted by Gasteiger charge is -2.22. The number of ether oxygens (including phenoxy) is 2. The van der Waals surface area contributed by atoms with Gasteiger partial charge in [-0.3, -0.25) is 0 Å². The molecular weight excluding hydrogens is 371 g/mol. The van der Waals surface area contributed by atoms with E-state index in [2.05, 4.69) is 44.0 Å².